The lowest BCUT2D eigenvalue weighted by molar-refractivity contribution is 0.0697. The molecule has 24 heavy (non-hydrogen) atoms. The van der Waals surface area contributed by atoms with Crippen molar-refractivity contribution in [2.45, 2.75) is 32.2 Å². The second-order valence-electron chi connectivity index (χ2n) is 6.87. The van der Waals surface area contributed by atoms with E-state index in [1.807, 2.05) is 12.1 Å². The third-order valence-electron chi connectivity index (χ3n) is 5.58. The molecule has 2 aliphatic rings. The smallest absolute Gasteiger partial charge is 0.335 e. The van der Waals surface area contributed by atoms with Gasteiger partial charge in [0, 0.05) is 11.6 Å². The molecule has 0 saturated heterocycles. The topological polar surface area (TPSA) is 49.3 Å². The molecule has 0 saturated carbocycles. The van der Waals surface area contributed by atoms with Crippen LogP contribution < -0.4 is 5.32 Å². The molecule has 4 rings (SSSR count). The van der Waals surface area contributed by atoms with Gasteiger partial charge in [0.1, 0.15) is 0 Å². The Morgan fingerprint density at radius 2 is 1.88 bits per heavy atom. The lowest BCUT2D eigenvalue weighted by Crippen LogP contribution is -2.29. The van der Waals surface area contributed by atoms with Crippen LogP contribution in [-0.2, 0) is 0 Å². The van der Waals surface area contributed by atoms with Crippen LogP contribution in [0.2, 0.25) is 0 Å². The van der Waals surface area contributed by atoms with Gasteiger partial charge in [-0.15, -0.1) is 0 Å². The van der Waals surface area contributed by atoms with Crippen molar-refractivity contribution < 1.29 is 9.90 Å². The number of carboxylic acid groups (broad SMARTS) is 1. The highest BCUT2D eigenvalue weighted by Gasteiger charge is 2.38. The Kier molecular flexibility index (Phi) is 3.45. The highest BCUT2D eigenvalue weighted by molar-refractivity contribution is 5.87. The van der Waals surface area contributed by atoms with Gasteiger partial charge in [-0.1, -0.05) is 36.4 Å². The molecule has 0 spiro atoms. The molecule has 2 unspecified atom stereocenters. The van der Waals surface area contributed by atoms with Crippen molar-refractivity contribution in [1.82, 2.24) is 0 Å². The zero-order chi connectivity index (χ0) is 16.8. The molecule has 1 aliphatic heterocycles. The molecular weight excluding hydrogens is 298 g/mol. The first kappa shape index (κ1) is 15.0. The highest BCUT2D eigenvalue weighted by Crippen LogP contribution is 2.50. The number of aryl methyl sites for hydroxylation is 1. The van der Waals surface area contributed by atoms with Crippen LogP contribution in [0, 0.1) is 19.8 Å². The minimum atomic E-state index is -0.879. The summed E-state index contributed by atoms with van der Waals surface area (Å²) in [5.74, 6) is 0.0374. The normalized spacial score (nSPS) is 24.2. The predicted octanol–water partition coefficient (Wildman–Crippen LogP) is 4.83. The Balaban J connectivity index is 1.77. The Bertz CT molecular complexity index is 836. The van der Waals surface area contributed by atoms with E-state index in [1.54, 1.807) is 12.1 Å². The second kappa shape index (κ2) is 5.52. The molecule has 1 aliphatic carbocycles. The van der Waals surface area contributed by atoms with E-state index < -0.39 is 5.97 Å². The Morgan fingerprint density at radius 3 is 2.58 bits per heavy atom. The van der Waals surface area contributed by atoms with Gasteiger partial charge < -0.3 is 10.4 Å². The predicted molar refractivity (Wildman–Crippen MR) is 95.7 cm³/mol. The van der Waals surface area contributed by atoms with Crippen LogP contribution in [-0.4, -0.2) is 11.1 Å². The highest BCUT2D eigenvalue weighted by atomic mass is 16.4. The summed E-state index contributed by atoms with van der Waals surface area (Å²) in [6, 6.07) is 12.0. The number of allylic oxidation sites excluding steroid dienone is 2. The SMILES string of the molecule is Cc1ccc2c(c1C)N[C@H](c1ccc(C(=O)O)cc1)C1CC=CC21. The summed E-state index contributed by atoms with van der Waals surface area (Å²) in [4.78, 5) is 11.1. The van der Waals surface area contributed by atoms with Crippen molar-refractivity contribution in [3.63, 3.8) is 0 Å². The average molecular weight is 319 g/mol. The van der Waals surface area contributed by atoms with Gasteiger partial charge >= 0.3 is 5.97 Å². The molecule has 0 amide bonds. The molecule has 3 nitrogen and oxygen atoms in total. The monoisotopic (exact) mass is 319 g/mol. The summed E-state index contributed by atoms with van der Waals surface area (Å²) in [7, 11) is 0. The van der Waals surface area contributed by atoms with E-state index in [0.29, 0.717) is 17.4 Å². The van der Waals surface area contributed by atoms with E-state index in [9.17, 15) is 4.79 Å². The zero-order valence-electron chi connectivity index (χ0n) is 13.9. The summed E-state index contributed by atoms with van der Waals surface area (Å²) in [6.07, 6.45) is 5.66. The van der Waals surface area contributed by atoms with E-state index in [2.05, 4.69) is 43.4 Å². The fourth-order valence-corrected chi connectivity index (χ4v) is 4.08. The summed E-state index contributed by atoms with van der Waals surface area (Å²) in [5.41, 5.74) is 6.72. The summed E-state index contributed by atoms with van der Waals surface area (Å²) >= 11 is 0. The molecule has 122 valence electrons. The maximum absolute atomic E-state index is 11.1. The maximum Gasteiger partial charge on any atom is 0.335 e. The quantitative estimate of drug-likeness (QED) is 0.780. The van der Waals surface area contributed by atoms with Crippen molar-refractivity contribution in [2.75, 3.05) is 5.32 Å². The van der Waals surface area contributed by atoms with Crippen LogP contribution in [0.15, 0.2) is 48.6 Å². The number of benzene rings is 2. The summed E-state index contributed by atoms with van der Waals surface area (Å²) < 4.78 is 0. The van der Waals surface area contributed by atoms with E-state index >= 15 is 0 Å². The minimum absolute atomic E-state index is 0.209. The molecule has 0 aromatic heterocycles. The number of hydrogen-bond acceptors (Lipinski definition) is 2. The van der Waals surface area contributed by atoms with Crippen molar-refractivity contribution in [3.8, 4) is 0 Å². The van der Waals surface area contributed by atoms with Crippen LogP contribution in [0.4, 0.5) is 5.69 Å². The van der Waals surface area contributed by atoms with Gasteiger partial charge in [-0.05, 0) is 60.6 Å². The molecule has 0 bridgehead atoms. The van der Waals surface area contributed by atoms with Crippen molar-refractivity contribution in [3.05, 3.63) is 76.4 Å². The van der Waals surface area contributed by atoms with Crippen molar-refractivity contribution >= 4 is 11.7 Å². The van der Waals surface area contributed by atoms with Crippen LogP contribution in [0.1, 0.15) is 51.0 Å². The number of nitrogens with one attached hydrogen (secondary N) is 1. The molecule has 0 fully saturated rings. The third kappa shape index (κ3) is 2.23. The zero-order valence-corrected chi connectivity index (χ0v) is 13.9. The van der Waals surface area contributed by atoms with Crippen LogP contribution >= 0.6 is 0 Å². The van der Waals surface area contributed by atoms with E-state index in [4.69, 9.17) is 5.11 Å². The number of carboxylic acids is 1. The first-order valence-corrected chi connectivity index (χ1v) is 8.43. The van der Waals surface area contributed by atoms with Gasteiger partial charge in [-0.25, -0.2) is 4.79 Å². The van der Waals surface area contributed by atoms with Gasteiger partial charge in [-0.2, -0.15) is 0 Å². The number of rotatable bonds is 2. The van der Waals surface area contributed by atoms with Gasteiger partial charge in [0.15, 0.2) is 0 Å². The lowest BCUT2D eigenvalue weighted by atomic mass is 9.76. The van der Waals surface area contributed by atoms with E-state index in [1.165, 1.54) is 22.4 Å². The molecule has 2 aromatic rings. The van der Waals surface area contributed by atoms with Crippen LogP contribution in [0.25, 0.3) is 0 Å². The van der Waals surface area contributed by atoms with Gasteiger partial charge in [0.25, 0.3) is 0 Å². The van der Waals surface area contributed by atoms with Crippen molar-refractivity contribution in [2.24, 2.45) is 5.92 Å². The molecule has 0 radical (unpaired) electrons. The molecule has 3 atom stereocenters. The summed E-state index contributed by atoms with van der Waals surface area (Å²) in [6.45, 7) is 4.31. The average Bonchev–Trinajstić information content (AvgIpc) is 3.07. The van der Waals surface area contributed by atoms with Crippen LogP contribution in [0.5, 0.6) is 0 Å². The van der Waals surface area contributed by atoms with E-state index in [-0.39, 0.29) is 6.04 Å². The van der Waals surface area contributed by atoms with E-state index in [0.717, 1.165) is 12.0 Å². The number of hydrogen-bond donors (Lipinski definition) is 2. The number of anilines is 1. The van der Waals surface area contributed by atoms with Crippen LogP contribution in [0.3, 0.4) is 0 Å². The number of fused-ring (bicyclic) bond motifs is 3. The largest absolute Gasteiger partial charge is 0.478 e. The first-order valence-electron chi connectivity index (χ1n) is 8.43. The van der Waals surface area contributed by atoms with Gasteiger partial charge in [0.05, 0.1) is 11.6 Å². The molecular formula is C21H21NO2. The standard InChI is InChI=1S/C21H21NO2/c1-12-6-11-18-16-4-3-5-17(16)20(22-19(18)13(12)2)14-7-9-15(10-8-14)21(23)24/h3-4,6-11,16-17,20,22H,5H2,1-2H3,(H,23,24)/t16?,17?,20-/m1/s1. The maximum atomic E-state index is 11.1. The Hall–Kier alpha value is -2.55. The number of aromatic carboxylic acids is 1. The minimum Gasteiger partial charge on any atom is -0.478 e. The van der Waals surface area contributed by atoms with Crippen molar-refractivity contribution in [1.29, 1.82) is 0 Å². The molecule has 1 heterocycles. The lowest BCUT2D eigenvalue weighted by Gasteiger charge is -2.38. The van der Waals surface area contributed by atoms with Gasteiger partial charge in [-0.3, -0.25) is 0 Å². The first-order chi connectivity index (χ1) is 11.6. The number of carbonyl (C=O) groups is 1. The Morgan fingerprint density at radius 1 is 1.12 bits per heavy atom. The molecule has 2 N–H and O–H groups in total. The van der Waals surface area contributed by atoms with Gasteiger partial charge in [0.2, 0.25) is 0 Å². The Labute approximate surface area is 142 Å². The molecule has 3 heteroatoms. The molecule has 2 aromatic carbocycles. The fourth-order valence-electron chi connectivity index (χ4n) is 4.08. The third-order valence-corrected chi connectivity index (χ3v) is 5.58. The summed E-state index contributed by atoms with van der Waals surface area (Å²) in [5, 5.41) is 12.9. The second-order valence-corrected chi connectivity index (χ2v) is 6.87. The fraction of sp³-hybridized carbons (Fsp3) is 0.286.